The van der Waals surface area contributed by atoms with E-state index in [0.29, 0.717) is 30.5 Å². The molecule has 1 saturated heterocycles. The normalized spacial score (nSPS) is 14.9. The zero-order chi connectivity index (χ0) is 20.2. The molecule has 0 atom stereocenters. The predicted octanol–water partition coefficient (Wildman–Crippen LogP) is 2.17. The van der Waals surface area contributed by atoms with Crippen LogP contribution in [0.4, 0.5) is 5.13 Å². The van der Waals surface area contributed by atoms with Gasteiger partial charge in [-0.3, -0.25) is 19.8 Å². The Hall–Kier alpha value is -2.98. The zero-order valence-corrected chi connectivity index (χ0v) is 16.8. The highest BCUT2D eigenvalue weighted by Crippen LogP contribution is 2.18. The van der Waals surface area contributed by atoms with Crippen LogP contribution < -0.4 is 5.32 Å². The van der Waals surface area contributed by atoms with E-state index in [9.17, 15) is 9.59 Å². The molecule has 0 unspecified atom stereocenters. The van der Waals surface area contributed by atoms with Crippen molar-refractivity contribution in [2.75, 3.05) is 31.5 Å². The average molecular weight is 415 g/mol. The molecule has 0 spiro atoms. The molecule has 0 bridgehead atoms. The molecular formula is C19H21N5O4S. The molecular weight excluding hydrogens is 394 g/mol. The third-order valence-electron chi connectivity index (χ3n) is 4.63. The fourth-order valence-electron chi connectivity index (χ4n) is 3.15. The van der Waals surface area contributed by atoms with Crippen molar-refractivity contribution in [2.24, 2.45) is 0 Å². The number of aryl methyl sites for hydroxylation is 1. The van der Waals surface area contributed by atoms with Crippen molar-refractivity contribution in [3.8, 4) is 0 Å². The van der Waals surface area contributed by atoms with E-state index in [-0.39, 0.29) is 24.0 Å². The van der Waals surface area contributed by atoms with Crippen molar-refractivity contribution in [3.05, 3.63) is 52.8 Å². The lowest BCUT2D eigenvalue weighted by molar-refractivity contribution is -0.132. The highest BCUT2D eigenvalue weighted by Gasteiger charge is 2.23. The van der Waals surface area contributed by atoms with Gasteiger partial charge >= 0.3 is 0 Å². The van der Waals surface area contributed by atoms with E-state index in [4.69, 9.17) is 8.94 Å². The van der Waals surface area contributed by atoms with Gasteiger partial charge in [0.15, 0.2) is 16.7 Å². The van der Waals surface area contributed by atoms with E-state index in [2.05, 4.69) is 20.4 Å². The molecule has 0 aliphatic carbocycles. The third kappa shape index (κ3) is 4.90. The number of piperazine rings is 1. The SMILES string of the molecule is Cc1cc(CN2CCN(C(=O)Cc3csc(NC(=O)c4ccco4)n3)CC2)on1. The lowest BCUT2D eigenvalue weighted by atomic mass is 10.2. The smallest absolute Gasteiger partial charge is 0.293 e. The van der Waals surface area contributed by atoms with Gasteiger partial charge in [0, 0.05) is 37.6 Å². The minimum absolute atomic E-state index is 0.0365. The number of hydrogen-bond acceptors (Lipinski definition) is 8. The van der Waals surface area contributed by atoms with Crippen molar-refractivity contribution >= 4 is 28.3 Å². The van der Waals surface area contributed by atoms with E-state index in [1.54, 1.807) is 17.5 Å². The fourth-order valence-corrected chi connectivity index (χ4v) is 3.85. The third-order valence-corrected chi connectivity index (χ3v) is 5.44. The molecule has 1 fully saturated rings. The van der Waals surface area contributed by atoms with Crippen LogP contribution in [0.2, 0.25) is 0 Å². The number of thiazole rings is 1. The Morgan fingerprint density at radius 1 is 1.28 bits per heavy atom. The molecule has 1 aliphatic rings. The molecule has 29 heavy (non-hydrogen) atoms. The van der Waals surface area contributed by atoms with Crippen molar-refractivity contribution < 1.29 is 18.5 Å². The number of furan rings is 1. The number of hydrogen-bond donors (Lipinski definition) is 1. The first-order valence-electron chi connectivity index (χ1n) is 9.28. The van der Waals surface area contributed by atoms with Crippen LogP contribution in [0.3, 0.4) is 0 Å². The summed E-state index contributed by atoms with van der Waals surface area (Å²) in [4.78, 5) is 33.0. The maximum Gasteiger partial charge on any atom is 0.293 e. The summed E-state index contributed by atoms with van der Waals surface area (Å²) in [6, 6.07) is 5.16. The number of carbonyl (C=O) groups is 2. The summed E-state index contributed by atoms with van der Waals surface area (Å²) in [6.45, 7) is 5.50. The highest BCUT2D eigenvalue weighted by molar-refractivity contribution is 7.14. The van der Waals surface area contributed by atoms with Gasteiger partial charge in [-0.05, 0) is 19.1 Å². The van der Waals surface area contributed by atoms with Crippen LogP contribution in [0.5, 0.6) is 0 Å². The molecule has 9 nitrogen and oxygen atoms in total. The first-order chi connectivity index (χ1) is 14.1. The summed E-state index contributed by atoms with van der Waals surface area (Å²) in [5, 5.41) is 8.82. The lowest BCUT2D eigenvalue weighted by Gasteiger charge is -2.34. The maximum atomic E-state index is 12.6. The molecule has 10 heteroatoms. The van der Waals surface area contributed by atoms with Crippen molar-refractivity contribution in [2.45, 2.75) is 19.9 Å². The van der Waals surface area contributed by atoms with Gasteiger partial charge in [0.05, 0.1) is 30.6 Å². The minimum atomic E-state index is -0.361. The quantitative estimate of drug-likeness (QED) is 0.658. The van der Waals surface area contributed by atoms with E-state index < -0.39 is 0 Å². The van der Waals surface area contributed by atoms with Crippen LogP contribution in [0, 0.1) is 6.92 Å². The van der Waals surface area contributed by atoms with Gasteiger partial charge in [0.2, 0.25) is 5.91 Å². The molecule has 2 amide bonds. The number of nitrogens with one attached hydrogen (secondary N) is 1. The zero-order valence-electron chi connectivity index (χ0n) is 16.0. The van der Waals surface area contributed by atoms with Crippen molar-refractivity contribution in [1.82, 2.24) is 19.9 Å². The summed E-state index contributed by atoms with van der Waals surface area (Å²) in [7, 11) is 0. The second-order valence-corrected chi connectivity index (χ2v) is 7.70. The van der Waals surface area contributed by atoms with Crippen LogP contribution in [0.1, 0.15) is 27.7 Å². The number of rotatable bonds is 6. The average Bonchev–Trinajstić information content (AvgIpc) is 3.45. The Bertz CT molecular complexity index is 973. The highest BCUT2D eigenvalue weighted by atomic mass is 32.1. The number of nitrogens with zero attached hydrogens (tertiary/aromatic N) is 4. The van der Waals surface area contributed by atoms with Gasteiger partial charge in [-0.1, -0.05) is 5.16 Å². The summed E-state index contributed by atoms with van der Waals surface area (Å²) < 4.78 is 10.3. The second kappa shape index (κ2) is 8.58. The molecule has 0 radical (unpaired) electrons. The van der Waals surface area contributed by atoms with E-state index in [0.717, 1.165) is 24.5 Å². The summed E-state index contributed by atoms with van der Waals surface area (Å²) >= 11 is 1.29. The predicted molar refractivity (Wildman–Crippen MR) is 106 cm³/mol. The van der Waals surface area contributed by atoms with Crippen LogP contribution in [0.25, 0.3) is 0 Å². The lowest BCUT2D eigenvalue weighted by Crippen LogP contribution is -2.48. The number of carbonyl (C=O) groups excluding carboxylic acids is 2. The molecule has 1 N–H and O–H groups in total. The summed E-state index contributed by atoms with van der Waals surface area (Å²) in [6.07, 6.45) is 1.65. The summed E-state index contributed by atoms with van der Waals surface area (Å²) in [5.74, 6) is 0.736. The topological polar surface area (TPSA) is 105 Å². The van der Waals surface area contributed by atoms with Crippen molar-refractivity contribution in [1.29, 1.82) is 0 Å². The second-order valence-electron chi connectivity index (χ2n) is 6.84. The molecule has 1 aliphatic heterocycles. The Labute approximate surface area is 171 Å². The largest absolute Gasteiger partial charge is 0.459 e. The monoisotopic (exact) mass is 415 g/mol. The van der Waals surface area contributed by atoms with Gasteiger partial charge in [0.1, 0.15) is 0 Å². The van der Waals surface area contributed by atoms with Crippen molar-refractivity contribution in [3.63, 3.8) is 0 Å². The van der Waals surface area contributed by atoms with Crippen LogP contribution >= 0.6 is 11.3 Å². The Kier molecular flexibility index (Phi) is 5.72. The standard InChI is InChI=1S/C19H21N5O4S/c1-13-9-15(28-22-13)11-23-4-6-24(7-5-23)17(25)10-14-12-29-19(20-14)21-18(26)16-3-2-8-27-16/h2-3,8-9,12H,4-7,10-11H2,1H3,(H,20,21,26). The van der Waals surface area contributed by atoms with Gasteiger partial charge in [-0.2, -0.15) is 0 Å². The molecule has 3 aromatic heterocycles. The first kappa shape index (κ1) is 19.3. The Morgan fingerprint density at radius 3 is 2.79 bits per heavy atom. The van der Waals surface area contributed by atoms with Crippen LogP contribution in [-0.4, -0.2) is 57.9 Å². The molecule has 0 saturated carbocycles. The van der Waals surface area contributed by atoms with Gasteiger partial charge < -0.3 is 13.8 Å². The van der Waals surface area contributed by atoms with Gasteiger partial charge in [-0.25, -0.2) is 4.98 Å². The van der Waals surface area contributed by atoms with Gasteiger partial charge in [0.25, 0.3) is 5.91 Å². The number of aromatic nitrogens is 2. The fraction of sp³-hybridized carbons (Fsp3) is 0.368. The van der Waals surface area contributed by atoms with E-state index in [1.807, 2.05) is 17.9 Å². The van der Waals surface area contributed by atoms with E-state index >= 15 is 0 Å². The van der Waals surface area contributed by atoms with Gasteiger partial charge in [-0.15, -0.1) is 11.3 Å². The van der Waals surface area contributed by atoms with Crippen LogP contribution in [0.15, 0.2) is 38.8 Å². The Morgan fingerprint density at radius 2 is 2.10 bits per heavy atom. The molecule has 152 valence electrons. The molecule has 4 heterocycles. The van der Waals surface area contributed by atoms with Crippen LogP contribution in [-0.2, 0) is 17.8 Å². The maximum absolute atomic E-state index is 12.6. The molecule has 3 aromatic rings. The Balaban J connectivity index is 1.25. The minimum Gasteiger partial charge on any atom is -0.459 e. The molecule has 0 aromatic carbocycles. The number of amides is 2. The first-order valence-corrected chi connectivity index (χ1v) is 10.2. The van der Waals surface area contributed by atoms with E-state index in [1.165, 1.54) is 17.6 Å². The number of anilines is 1. The summed E-state index contributed by atoms with van der Waals surface area (Å²) in [5.41, 5.74) is 1.52. The molecule has 4 rings (SSSR count).